The molecule has 0 saturated carbocycles. The lowest BCUT2D eigenvalue weighted by molar-refractivity contribution is 0.102. The predicted octanol–water partition coefficient (Wildman–Crippen LogP) is 3.41. The van der Waals surface area contributed by atoms with Gasteiger partial charge in [-0.25, -0.2) is 21.6 Å². The van der Waals surface area contributed by atoms with Crippen LogP contribution in [0.3, 0.4) is 0 Å². The highest BCUT2D eigenvalue weighted by molar-refractivity contribution is 7.89. The van der Waals surface area contributed by atoms with E-state index in [-0.39, 0.29) is 36.7 Å². The number of amides is 2. The molecule has 3 heterocycles. The summed E-state index contributed by atoms with van der Waals surface area (Å²) in [6.45, 7) is -0.277. The Bertz CT molecular complexity index is 1630. The number of aromatic amines is 2. The van der Waals surface area contributed by atoms with Crippen molar-refractivity contribution >= 4 is 33.3 Å². The van der Waals surface area contributed by atoms with E-state index in [1.165, 1.54) is 24.4 Å². The third-order valence-corrected chi connectivity index (χ3v) is 7.76. The molecule has 2 amide bonds. The number of benzene rings is 2. The molecule has 0 aliphatic carbocycles. The van der Waals surface area contributed by atoms with Crippen LogP contribution >= 0.6 is 0 Å². The van der Waals surface area contributed by atoms with E-state index in [4.69, 9.17) is 0 Å². The molecule has 2 aromatic carbocycles. The number of anilines is 2. The van der Waals surface area contributed by atoms with Gasteiger partial charge in [-0.1, -0.05) is 6.07 Å². The molecule has 0 radical (unpaired) electrons. The van der Waals surface area contributed by atoms with Gasteiger partial charge in [-0.2, -0.15) is 9.40 Å². The molecule has 4 aromatic rings. The Labute approximate surface area is 213 Å². The third-order valence-electron chi connectivity index (χ3n) is 5.94. The first-order valence-electron chi connectivity index (χ1n) is 11.2. The van der Waals surface area contributed by atoms with Gasteiger partial charge < -0.3 is 15.6 Å². The lowest BCUT2D eigenvalue weighted by Gasteiger charge is -2.26. The Kier molecular flexibility index (Phi) is 6.50. The zero-order chi connectivity index (χ0) is 27.0. The zero-order valence-corrected chi connectivity index (χ0v) is 20.2. The maximum atomic E-state index is 14.7. The number of fused-ring (bicyclic) bond motifs is 1. The van der Waals surface area contributed by atoms with Crippen molar-refractivity contribution in [3.05, 3.63) is 94.7 Å². The summed E-state index contributed by atoms with van der Waals surface area (Å²) in [5, 5.41) is 11.7. The first-order chi connectivity index (χ1) is 18.1. The van der Waals surface area contributed by atoms with Gasteiger partial charge in [0, 0.05) is 43.0 Å². The molecule has 196 valence electrons. The van der Waals surface area contributed by atoms with Crippen LogP contribution in [0.1, 0.15) is 32.1 Å². The van der Waals surface area contributed by atoms with Gasteiger partial charge in [0.1, 0.15) is 23.1 Å². The van der Waals surface area contributed by atoms with Crippen molar-refractivity contribution in [2.75, 3.05) is 17.2 Å². The van der Waals surface area contributed by atoms with Crippen molar-refractivity contribution in [1.29, 1.82) is 0 Å². The molecule has 0 bridgehead atoms. The highest BCUT2D eigenvalue weighted by Crippen LogP contribution is 2.30. The average molecular weight is 545 g/mol. The van der Waals surface area contributed by atoms with Crippen molar-refractivity contribution in [3.63, 3.8) is 0 Å². The lowest BCUT2D eigenvalue weighted by atomic mass is 10.1. The van der Waals surface area contributed by atoms with Gasteiger partial charge >= 0.3 is 0 Å². The summed E-state index contributed by atoms with van der Waals surface area (Å²) < 4.78 is 69.2. The third kappa shape index (κ3) is 4.78. The normalized spacial score (nSPS) is 13.7. The van der Waals surface area contributed by atoms with Crippen LogP contribution in [0, 0.1) is 17.5 Å². The molecule has 1 aliphatic rings. The average Bonchev–Trinajstić information content (AvgIpc) is 3.54. The molecule has 14 heteroatoms. The molecular formula is C24H19F3N6O4S. The van der Waals surface area contributed by atoms with E-state index in [1.54, 1.807) is 6.07 Å². The molecule has 0 fully saturated rings. The van der Waals surface area contributed by atoms with Crippen LogP contribution in [0.2, 0.25) is 0 Å². The van der Waals surface area contributed by atoms with E-state index >= 15 is 0 Å². The lowest BCUT2D eigenvalue weighted by Crippen LogP contribution is -2.36. The number of hydrogen-bond acceptors (Lipinski definition) is 5. The van der Waals surface area contributed by atoms with Crippen molar-refractivity contribution < 1.29 is 31.2 Å². The maximum absolute atomic E-state index is 14.7. The topological polar surface area (TPSA) is 140 Å². The fourth-order valence-corrected chi connectivity index (χ4v) is 5.55. The van der Waals surface area contributed by atoms with Crippen LogP contribution in [-0.4, -0.2) is 46.3 Å². The van der Waals surface area contributed by atoms with Gasteiger partial charge in [-0.3, -0.25) is 14.7 Å². The van der Waals surface area contributed by atoms with Gasteiger partial charge in [-0.05, 0) is 36.4 Å². The highest BCUT2D eigenvalue weighted by Gasteiger charge is 2.32. The van der Waals surface area contributed by atoms with Crippen molar-refractivity contribution in [3.8, 4) is 0 Å². The molecular weight excluding hydrogens is 525 g/mol. The number of rotatable bonds is 6. The van der Waals surface area contributed by atoms with E-state index in [1.807, 2.05) is 0 Å². The minimum Gasteiger partial charge on any atom is -0.357 e. The van der Waals surface area contributed by atoms with Gasteiger partial charge in [-0.15, -0.1) is 0 Å². The molecule has 1 aliphatic heterocycles. The number of sulfonamides is 1. The van der Waals surface area contributed by atoms with E-state index < -0.39 is 49.7 Å². The first-order valence-corrected chi connectivity index (χ1v) is 12.6. The summed E-state index contributed by atoms with van der Waals surface area (Å²) >= 11 is 0. The number of carbonyl (C=O) groups excluding carboxylic acids is 2. The summed E-state index contributed by atoms with van der Waals surface area (Å²) in [7, 11) is -4.28. The van der Waals surface area contributed by atoms with Crippen molar-refractivity contribution in [2.45, 2.75) is 17.9 Å². The van der Waals surface area contributed by atoms with Crippen LogP contribution in [0.4, 0.5) is 24.7 Å². The van der Waals surface area contributed by atoms with Crippen LogP contribution < -0.4 is 10.6 Å². The summed E-state index contributed by atoms with van der Waals surface area (Å²) in [5.74, 6) is -4.58. The Balaban J connectivity index is 1.39. The SMILES string of the molecule is O=C(Nc1cccc(F)c1C(=O)Nc1n[nH]c2c1CN(S(=O)(=O)c1cc(F)cc(F)c1)CC2)c1ccc[nH]1. The van der Waals surface area contributed by atoms with Gasteiger partial charge in [0.05, 0.1) is 16.1 Å². The number of H-pyrrole nitrogens is 2. The minimum atomic E-state index is -4.28. The van der Waals surface area contributed by atoms with Crippen LogP contribution in [0.25, 0.3) is 0 Å². The molecule has 0 unspecified atom stereocenters. The second kappa shape index (κ2) is 9.79. The van der Waals surface area contributed by atoms with E-state index in [2.05, 4.69) is 25.8 Å². The molecule has 0 spiro atoms. The van der Waals surface area contributed by atoms with Gasteiger partial charge in [0.25, 0.3) is 11.8 Å². The number of aromatic nitrogens is 3. The number of hydrogen-bond donors (Lipinski definition) is 4. The summed E-state index contributed by atoms with van der Waals surface area (Å²) in [4.78, 5) is 27.7. The molecule has 4 N–H and O–H groups in total. The second-order valence-electron chi connectivity index (χ2n) is 8.38. The van der Waals surface area contributed by atoms with Crippen LogP contribution in [0.15, 0.2) is 59.6 Å². The van der Waals surface area contributed by atoms with Gasteiger partial charge in [0.2, 0.25) is 10.0 Å². The summed E-state index contributed by atoms with van der Waals surface area (Å²) in [6, 6.07) is 8.82. The monoisotopic (exact) mass is 544 g/mol. The van der Waals surface area contributed by atoms with E-state index in [0.29, 0.717) is 29.5 Å². The molecule has 5 rings (SSSR count). The van der Waals surface area contributed by atoms with E-state index in [9.17, 15) is 31.2 Å². The fraction of sp³-hybridized carbons (Fsp3) is 0.125. The molecule has 0 atom stereocenters. The minimum absolute atomic E-state index is 0.00865. The smallest absolute Gasteiger partial charge is 0.272 e. The number of halogens is 3. The van der Waals surface area contributed by atoms with Gasteiger partial charge in [0.15, 0.2) is 5.82 Å². The Morgan fingerprint density at radius 2 is 1.74 bits per heavy atom. The molecule has 2 aromatic heterocycles. The predicted molar refractivity (Wildman–Crippen MR) is 129 cm³/mol. The number of nitrogens with zero attached hydrogens (tertiary/aromatic N) is 2. The standard InChI is InChI=1S/C24H19F3N6O4S/c25-13-9-14(26)11-15(10-13)38(36,37)33-8-6-18-16(12-33)22(32-31-18)30-24(35)21-17(27)3-1-4-19(21)29-23(34)20-5-2-7-28-20/h1-5,7,9-11,28H,6,8,12H2,(H,29,34)(H2,30,31,32,35). The highest BCUT2D eigenvalue weighted by atomic mass is 32.2. The first kappa shape index (κ1) is 25.2. The van der Waals surface area contributed by atoms with Crippen LogP contribution in [-0.2, 0) is 23.0 Å². The van der Waals surface area contributed by atoms with Crippen LogP contribution in [0.5, 0.6) is 0 Å². The number of nitrogens with one attached hydrogen (secondary N) is 4. The second-order valence-corrected chi connectivity index (χ2v) is 10.3. The van der Waals surface area contributed by atoms with Crippen molar-refractivity contribution in [2.24, 2.45) is 0 Å². The summed E-state index contributed by atoms with van der Waals surface area (Å²) in [6.07, 6.45) is 1.70. The Morgan fingerprint density at radius 3 is 2.45 bits per heavy atom. The number of carbonyl (C=O) groups is 2. The largest absolute Gasteiger partial charge is 0.357 e. The summed E-state index contributed by atoms with van der Waals surface area (Å²) in [5.41, 5.74) is 0.481. The molecule has 38 heavy (non-hydrogen) atoms. The maximum Gasteiger partial charge on any atom is 0.272 e. The van der Waals surface area contributed by atoms with Crippen molar-refractivity contribution in [1.82, 2.24) is 19.5 Å². The molecule has 0 saturated heterocycles. The van der Waals surface area contributed by atoms with E-state index in [0.717, 1.165) is 10.4 Å². The Morgan fingerprint density at radius 1 is 0.974 bits per heavy atom. The Hall–Kier alpha value is -4.43. The quantitative estimate of drug-likeness (QED) is 0.295. The zero-order valence-electron chi connectivity index (χ0n) is 19.4. The molecule has 10 nitrogen and oxygen atoms in total. The fourth-order valence-electron chi connectivity index (χ4n) is 4.10.